The molecule has 1 aliphatic rings. The van der Waals surface area contributed by atoms with Gasteiger partial charge in [0.05, 0.1) is 16.9 Å². The summed E-state index contributed by atoms with van der Waals surface area (Å²) in [7, 11) is 1.80. The van der Waals surface area contributed by atoms with E-state index in [0.29, 0.717) is 27.6 Å². The number of anilines is 2. The Morgan fingerprint density at radius 1 is 1.02 bits per heavy atom. The number of piperazine rings is 1. The first-order valence-electron chi connectivity index (χ1n) is 12.9. The van der Waals surface area contributed by atoms with E-state index in [9.17, 15) is 18.8 Å². The molecule has 3 aromatic carbocycles. The van der Waals surface area contributed by atoms with Crippen LogP contribution in [0.4, 0.5) is 15.8 Å². The molecule has 0 aliphatic carbocycles. The number of carbonyl (C=O) groups excluding carboxylic acids is 3. The van der Waals surface area contributed by atoms with E-state index in [-0.39, 0.29) is 19.5 Å². The summed E-state index contributed by atoms with van der Waals surface area (Å²) < 4.78 is 16.6. The molecule has 1 fully saturated rings. The number of amides is 3. The second kappa shape index (κ2) is 11.0. The summed E-state index contributed by atoms with van der Waals surface area (Å²) in [6.07, 6.45) is 3.25. The summed E-state index contributed by atoms with van der Waals surface area (Å²) in [6, 6.07) is 14.7. The number of carbonyl (C=O) groups is 3. The lowest BCUT2D eigenvalue weighted by molar-refractivity contribution is -0.143. The molecule has 1 saturated heterocycles. The number of nitrogens with one attached hydrogen (secondary N) is 1. The predicted octanol–water partition coefficient (Wildman–Crippen LogP) is 2.77. The predicted molar refractivity (Wildman–Crippen MR) is 151 cm³/mol. The Bertz CT molecular complexity index is 1810. The molecule has 1 N–H and O–H groups in total. The van der Waals surface area contributed by atoms with E-state index in [1.807, 2.05) is 6.20 Å². The monoisotopic (exact) mass is 587 g/mol. The van der Waals surface area contributed by atoms with Crippen LogP contribution < -0.4 is 10.2 Å². The Kier molecular flexibility index (Phi) is 7.08. The van der Waals surface area contributed by atoms with E-state index < -0.39 is 29.6 Å². The van der Waals surface area contributed by atoms with Crippen LogP contribution in [0.3, 0.4) is 0 Å². The van der Waals surface area contributed by atoms with Crippen molar-refractivity contribution in [1.82, 2.24) is 34.9 Å². The summed E-state index contributed by atoms with van der Waals surface area (Å²) in [4.78, 5) is 43.4. The third-order valence-electron chi connectivity index (χ3n) is 6.95. The van der Waals surface area contributed by atoms with Crippen molar-refractivity contribution in [2.75, 3.05) is 23.3 Å². The quantitative estimate of drug-likeness (QED) is 0.310. The third-order valence-corrected chi connectivity index (χ3v) is 7.19. The maximum absolute atomic E-state index is 13.7. The highest BCUT2D eigenvalue weighted by atomic mass is 35.5. The summed E-state index contributed by atoms with van der Waals surface area (Å²) in [6.45, 7) is -0.718. The van der Waals surface area contributed by atoms with Crippen LogP contribution in [0.2, 0.25) is 5.02 Å². The number of hydrogen-bond donors (Lipinski definition) is 1. The van der Waals surface area contributed by atoms with Gasteiger partial charge in [-0.2, -0.15) is 9.78 Å². The van der Waals surface area contributed by atoms with Gasteiger partial charge in [0.2, 0.25) is 17.7 Å². The number of nitrogens with zero attached hydrogens (tertiary/aromatic N) is 8. The molecule has 6 rings (SSSR count). The fraction of sp³-hybridized carbons (Fsp3) is 0.179. The SMILES string of the molecule is Cn1cc2cc(NC(=O)C(Cc3ccc(F)cc3)N3CC(=O)N(c4cc(Cl)ccc4-n4cnnn4)CC3=O)ccc2n1. The maximum Gasteiger partial charge on any atom is 0.247 e. The lowest BCUT2D eigenvalue weighted by Gasteiger charge is -2.38. The second-order valence-electron chi connectivity index (χ2n) is 9.80. The molecule has 5 aromatic rings. The zero-order chi connectivity index (χ0) is 29.4. The van der Waals surface area contributed by atoms with Gasteiger partial charge in [0.25, 0.3) is 0 Å². The highest BCUT2D eigenvalue weighted by Crippen LogP contribution is 2.30. The van der Waals surface area contributed by atoms with Crippen molar-refractivity contribution in [2.45, 2.75) is 12.5 Å². The Balaban J connectivity index is 1.29. The highest BCUT2D eigenvalue weighted by Gasteiger charge is 2.39. The number of hydrogen-bond acceptors (Lipinski definition) is 7. The molecule has 2 aromatic heterocycles. The molecule has 1 unspecified atom stereocenters. The van der Waals surface area contributed by atoms with E-state index in [1.165, 1.54) is 32.9 Å². The molecule has 1 atom stereocenters. The van der Waals surface area contributed by atoms with Crippen molar-refractivity contribution in [3.63, 3.8) is 0 Å². The Labute approximate surface area is 243 Å². The van der Waals surface area contributed by atoms with E-state index in [4.69, 9.17) is 11.6 Å². The van der Waals surface area contributed by atoms with Gasteiger partial charge >= 0.3 is 0 Å². The average Bonchev–Trinajstić information content (AvgIpc) is 3.63. The molecule has 1 aliphatic heterocycles. The van der Waals surface area contributed by atoms with Gasteiger partial charge in [0, 0.05) is 35.8 Å². The summed E-state index contributed by atoms with van der Waals surface area (Å²) in [5.74, 6) is -1.80. The molecule has 0 saturated carbocycles. The summed E-state index contributed by atoms with van der Waals surface area (Å²) >= 11 is 6.24. The van der Waals surface area contributed by atoms with Gasteiger partial charge in [-0.25, -0.2) is 4.39 Å². The number of tetrazole rings is 1. The zero-order valence-corrected chi connectivity index (χ0v) is 22.9. The van der Waals surface area contributed by atoms with Crippen molar-refractivity contribution >= 4 is 51.6 Å². The van der Waals surface area contributed by atoms with Gasteiger partial charge in [-0.3, -0.25) is 24.0 Å². The van der Waals surface area contributed by atoms with Gasteiger partial charge in [-0.15, -0.1) is 5.10 Å². The van der Waals surface area contributed by atoms with E-state index in [0.717, 1.165) is 10.9 Å². The minimum Gasteiger partial charge on any atom is -0.324 e. The number of aryl methyl sites for hydroxylation is 1. The molecule has 42 heavy (non-hydrogen) atoms. The molecule has 3 amide bonds. The van der Waals surface area contributed by atoms with Crippen molar-refractivity contribution in [3.8, 4) is 5.69 Å². The number of aromatic nitrogens is 6. The summed E-state index contributed by atoms with van der Waals surface area (Å²) in [5, 5.41) is 19.6. The van der Waals surface area contributed by atoms with Crippen LogP contribution >= 0.6 is 11.6 Å². The molecule has 14 heteroatoms. The van der Waals surface area contributed by atoms with E-state index in [2.05, 4.69) is 25.9 Å². The normalized spacial score (nSPS) is 14.5. The van der Waals surface area contributed by atoms with Gasteiger partial charge in [0.15, 0.2) is 0 Å². The van der Waals surface area contributed by atoms with E-state index in [1.54, 1.807) is 60.3 Å². The minimum absolute atomic E-state index is 0.0628. The third kappa shape index (κ3) is 5.41. The first kappa shape index (κ1) is 27.0. The zero-order valence-electron chi connectivity index (χ0n) is 22.2. The fourth-order valence-electron chi connectivity index (χ4n) is 4.96. The standard InChI is InChI=1S/C28H23ClFN9O3/c1-36-13-18-11-21(7-8-22(18)33-36)32-28(42)25(10-17-2-5-20(30)6-3-17)38-15-26(40)37(14-27(38)41)24-12-19(29)4-9-23(24)39-16-31-34-35-39/h2-9,11-13,16,25H,10,14-15H2,1H3,(H,32,42). The molecule has 0 radical (unpaired) electrons. The van der Waals surface area contributed by atoms with Crippen LogP contribution in [0.15, 0.2) is 73.2 Å². The van der Waals surface area contributed by atoms with Crippen molar-refractivity contribution in [2.24, 2.45) is 7.05 Å². The van der Waals surface area contributed by atoms with E-state index >= 15 is 0 Å². The minimum atomic E-state index is -1.06. The molecule has 3 heterocycles. The molecular formula is C28H23ClFN9O3. The average molecular weight is 588 g/mol. The lowest BCUT2D eigenvalue weighted by atomic mass is 10.0. The van der Waals surface area contributed by atoms with Gasteiger partial charge in [-0.1, -0.05) is 23.7 Å². The topological polar surface area (TPSA) is 131 Å². The van der Waals surface area contributed by atoms with Crippen molar-refractivity contribution < 1.29 is 18.8 Å². The first-order valence-corrected chi connectivity index (χ1v) is 13.2. The van der Waals surface area contributed by atoms with Crippen molar-refractivity contribution in [1.29, 1.82) is 0 Å². The van der Waals surface area contributed by atoms with Crippen molar-refractivity contribution in [3.05, 3.63) is 89.6 Å². The largest absolute Gasteiger partial charge is 0.324 e. The highest BCUT2D eigenvalue weighted by molar-refractivity contribution is 6.31. The fourth-order valence-corrected chi connectivity index (χ4v) is 5.12. The van der Waals surface area contributed by atoms with Gasteiger partial charge in [0.1, 0.15) is 31.3 Å². The van der Waals surface area contributed by atoms with Crippen LogP contribution in [0.1, 0.15) is 5.56 Å². The van der Waals surface area contributed by atoms with Gasteiger partial charge in [-0.05, 0) is 64.5 Å². The van der Waals surface area contributed by atoms with Gasteiger partial charge < -0.3 is 10.2 Å². The van der Waals surface area contributed by atoms with Crippen LogP contribution in [0, 0.1) is 5.82 Å². The molecular weight excluding hydrogens is 565 g/mol. The van der Waals surface area contributed by atoms with Crippen LogP contribution in [0.5, 0.6) is 0 Å². The number of benzene rings is 3. The van der Waals surface area contributed by atoms with Crippen LogP contribution in [0.25, 0.3) is 16.6 Å². The molecule has 12 nitrogen and oxygen atoms in total. The Morgan fingerprint density at radius 2 is 1.83 bits per heavy atom. The maximum atomic E-state index is 13.7. The lowest BCUT2D eigenvalue weighted by Crippen LogP contribution is -2.60. The molecule has 0 spiro atoms. The first-order chi connectivity index (χ1) is 20.2. The Hall–Kier alpha value is -5.17. The number of fused-ring (bicyclic) bond motifs is 1. The number of halogens is 2. The molecule has 0 bridgehead atoms. The van der Waals surface area contributed by atoms with Crippen LogP contribution in [-0.2, 0) is 27.9 Å². The summed E-state index contributed by atoms with van der Waals surface area (Å²) in [5.41, 5.74) is 2.68. The molecule has 212 valence electrons. The van der Waals surface area contributed by atoms with Crippen LogP contribution in [-0.4, -0.2) is 71.7 Å². The smallest absolute Gasteiger partial charge is 0.247 e. The Morgan fingerprint density at radius 3 is 2.60 bits per heavy atom. The second-order valence-corrected chi connectivity index (χ2v) is 10.2. The number of rotatable bonds is 7.